The number of carbonyl (C=O) groups is 1. The highest BCUT2D eigenvalue weighted by molar-refractivity contribution is 7.91. The molecule has 134 valence electrons. The van der Waals surface area contributed by atoms with E-state index in [4.69, 9.17) is 16.3 Å². The van der Waals surface area contributed by atoms with Crippen molar-refractivity contribution in [3.63, 3.8) is 0 Å². The summed E-state index contributed by atoms with van der Waals surface area (Å²) < 4.78 is 30.4. The summed E-state index contributed by atoms with van der Waals surface area (Å²) in [5.41, 5.74) is 0.701. The van der Waals surface area contributed by atoms with Crippen LogP contribution in [0.15, 0.2) is 30.3 Å². The van der Waals surface area contributed by atoms with Crippen molar-refractivity contribution in [3.8, 4) is 5.75 Å². The molecule has 1 aromatic heterocycles. The number of nitrogens with zero attached hydrogens (tertiary/aromatic N) is 2. The number of para-hydroxylation sites is 1. The van der Waals surface area contributed by atoms with Crippen molar-refractivity contribution in [3.05, 3.63) is 41.0 Å². The molecule has 1 aromatic carbocycles. The Morgan fingerprint density at radius 2 is 2.20 bits per heavy atom. The van der Waals surface area contributed by atoms with Gasteiger partial charge in [-0.15, -0.1) is 0 Å². The molecule has 0 bridgehead atoms. The summed E-state index contributed by atoms with van der Waals surface area (Å²) in [5, 5.41) is 7.47. The standard InChI is InChI=1S/C16H18ClN3O4S/c1-11-8-15(20(19-11)12-6-7-25(22,23)10-12)18-16(21)9-24-14-5-3-2-4-13(14)17/h2-5,8,12H,6-7,9-10H2,1H3,(H,18,21). The number of anilines is 1. The second-order valence-corrected chi connectivity index (χ2v) is 8.58. The number of halogens is 1. The molecule has 1 saturated heterocycles. The number of hydrogen-bond donors (Lipinski definition) is 1. The highest BCUT2D eigenvalue weighted by Crippen LogP contribution is 2.27. The second-order valence-electron chi connectivity index (χ2n) is 5.94. The Bertz CT molecular complexity index is 895. The van der Waals surface area contributed by atoms with Crippen molar-refractivity contribution < 1.29 is 17.9 Å². The van der Waals surface area contributed by atoms with Crippen LogP contribution in [-0.2, 0) is 14.6 Å². The first-order chi connectivity index (χ1) is 11.8. The van der Waals surface area contributed by atoms with Crippen molar-refractivity contribution in [2.45, 2.75) is 19.4 Å². The van der Waals surface area contributed by atoms with E-state index in [-0.39, 0.29) is 30.1 Å². The number of rotatable bonds is 5. The van der Waals surface area contributed by atoms with Crippen molar-refractivity contribution in [1.29, 1.82) is 0 Å². The van der Waals surface area contributed by atoms with Crippen molar-refractivity contribution in [2.24, 2.45) is 0 Å². The third-order valence-electron chi connectivity index (χ3n) is 3.88. The van der Waals surface area contributed by atoms with Gasteiger partial charge < -0.3 is 10.1 Å². The van der Waals surface area contributed by atoms with Crippen LogP contribution in [-0.4, -0.2) is 42.2 Å². The number of hydrogen-bond acceptors (Lipinski definition) is 5. The molecular weight excluding hydrogens is 366 g/mol. The van der Waals surface area contributed by atoms with E-state index < -0.39 is 9.84 Å². The molecule has 1 N–H and O–H groups in total. The molecule has 1 atom stereocenters. The Morgan fingerprint density at radius 3 is 2.88 bits per heavy atom. The smallest absolute Gasteiger partial charge is 0.263 e. The van der Waals surface area contributed by atoms with Gasteiger partial charge in [-0.25, -0.2) is 13.1 Å². The van der Waals surface area contributed by atoms with Gasteiger partial charge in [0.1, 0.15) is 11.6 Å². The van der Waals surface area contributed by atoms with E-state index in [0.717, 1.165) is 0 Å². The van der Waals surface area contributed by atoms with Crippen LogP contribution >= 0.6 is 11.6 Å². The molecule has 0 radical (unpaired) electrons. The number of sulfone groups is 1. The van der Waals surface area contributed by atoms with Crippen LogP contribution in [0, 0.1) is 6.92 Å². The van der Waals surface area contributed by atoms with Crippen molar-refractivity contribution in [2.75, 3.05) is 23.4 Å². The lowest BCUT2D eigenvalue weighted by atomic mass is 10.3. The molecule has 7 nitrogen and oxygen atoms in total. The number of benzene rings is 1. The van der Waals surface area contributed by atoms with Crippen molar-refractivity contribution >= 4 is 33.2 Å². The summed E-state index contributed by atoms with van der Waals surface area (Å²) in [6, 6.07) is 8.32. The summed E-state index contributed by atoms with van der Waals surface area (Å²) >= 11 is 5.98. The maximum atomic E-state index is 12.2. The molecule has 0 spiro atoms. The van der Waals surface area contributed by atoms with E-state index in [0.29, 0.717) is 28.7 Å². The monoisotopic (exact) mass is 383 g/mol. The van der Waals surface area contributed by atoms with E-state index >= 15 is 0 Å². The maximum absolute atomic E-state index is 12.2. The Balaban J connectivity index is 1.67. The van der Waals surface area contributed by atoms with Crippen molar-refractivity contribution in [1.82, 2.24) is 9.78 Å². The van der Waals surface area contributed by atoms with Crippen LogP contribution in [0.25, 0.3) is 0 Å². The van der Waals surface area contributed by atoms with E-state index in [1.807, 2.05) is 0 Å². The summed E-state index contributed by atoms with van der Waals surface area (Å²) in [6.45, 7) is 1.58. The Kier molecular flexibility index (Phi) is 5.01. The fraction of sp³-hybridized carbons (Fsp3) is 0.375. The highest BCUT2D eigenvalue weighted by atomic mass is 35.5. The van der Waals surface area contributed by atoms with Crippen LogP contribution in [0.3, 0.4) is 0 Å². The van der Waals surface area contributed by atoms with E-state index in [2.05, 4.69) is 10.4 Å². The maximum Gasteiger partial charge on any atom is 0.263 e. The van der Waals surface area contributed by atoms with Gasteiger partial charge in [-0.05, 0) is 25.5 Å². The molecule has 2 aromatic rings. The molecule has 0 aliphatic carbocycles. The number of amides is 1. The van der Waals surface area contributed by atoms with Gasteiger partial charge in [0.05, 0.1) is 28.3 Å². The topological polar surface area (TPSA) is 90.3 Å². The summed E-state index contributed by atoms with van der Waals surface area (Å²) in [4.78, 5) is 12.2. The van der Waals surface area contributed by atoms with E-state index in [1.165, 1.54) is 0 Å². The largest absolute Gasteiger partial charge is 0.482 e. The quantitative estimate of drug-likeness (QED) is 0.854. The van der Waals surface area contributed by atoms with Gasteiger partial charge in [0.25, 0.3) is 5.91 Å². The third kappa shape index (κ3) is 4.32. The third-order valence-corrected chi connectivity index (χ3v) is 5.94. The minimum atomic E-state index is -3.04. The SMILES string of the molecule is Cc1cc(NC(=O)COc2ccccc2Cl)n(C2CCS(=O)(=O)C2)n1. The number of carbonyl (C=O) groups excluding carboxylic acids is 1. The summed E-state index contributed by atoms with van der Waals surface area (Å²) in [6.07, 6.45) is 0.489. The van der Waals surface area contributed by atoms with Crippen LogP contribution in [0.5, 0.6) is 5.75 Å². The molecule has 25 heavy (non-hydrogen) atoms. The molecule has 1 aliphatic rings. The van der Waals surface area contributed by atoms with Crippen LogP contribution in [0.2, 0.25) is 5.02 Å². The van der Waals surface area contributed by atoms with Crippen LogP contribution in [0.4, 0.5) is 5.82 Å². The summed E-state index contributed by atoms with van der Waals surface area (Å²) in [7, 11) is -3.04. The van der Waals surface area contributed by atoms with Crippen LogP contribution < -0.4 is 10.1 Å². The molecule has 1 unspecified atom stereocenters. The predicted molar refractivity (Wildman–Crippen MR) is 94.8 cm³/mol. The Morgan fingerprint density at radius 1 is 1.44 bits per heavy atom. The Labute approximate surface area is 150 Å². The molecule has 3 rings (SSSR count). The average Bonchev–Trinajstić information content (AvgIpc) is 3.08. The molecule has 1 amide bonds. The fourth-order valence-corrected chi connectivity index (χ4v) is 4.62. The molecule has 9 heteroatoms. The van der Waals surface area contributed by atoms with Gasteiger partial charge in [-0.3, -0.25) is 4.79 Å². The zero-order valence-corrected chi connectivity index (χ0v) is 15.2. The zero-order chi connectivity index (χ0) is 18.0. The van der Waals surface area contributed by atoms with E-state index in [9.17, 15) is 13.2 Å². The minimum absolute atomic E-state index is 0.0348. The highest BCUT2D eigenvalue weighted by Gasteiger charge is 2.31. The molecule has 0 saturated carbocycles. The second kappa shape index (κ2) is 7.05. The normalized spacial score (nSPS) is 18.9. The lowest BCUT2D eigenvalue weighted by molar-refractivity contribution is -0.118. The van der Waals surface area contributed by atoms with Gasteiger partial charge in [-0.1, -0.05) is 23.7 Å². The minimum Gasteiger partial charge on any atom is -0.482 e. The van der Waals surface area contributed by atoms with Gasteiger partial charge in [-0.2, -0.15) is 5.10 Å². The molecule has 1 fully saturated rings. The lowest BCUT2D eigenvalue weighted by Gasteiger charge is -2.14. The first-order valence-electron chi connectivity index (χ1n) is 7.78. The zero-order valence-electron chi connectivity index (χ0n) is 13.6. The molecular formula is C16H18ClN3O4S. The predicted octanol–water partition coefficient (Wildman–Crippen LogP) is 2.22. The number of nitrogens with one attached hydrogen (secondary N) is 1. The first-order valence-corrected chi connectivity index (χ1v) is 9.98. The molecule has 2 heterocycles. The van der Waals surface area contributed by atoms with E-state index in [1.54, 1.807) is 41.9 Å². The van der Waals surface area contributed by atoms with Gasteiger partial charge >= 0.3 is 0 Å². The van der Waals surface area contributed by atoms with Crippen LogP contribution in [0.1, 0.15) is 18.2 Å². The number of ether oxygens (including phenoxy) is 1. The first kappa shape index (κ1) is 17.8. The van der Waals surface area contributed by atoms with Gasteiger partial charge in [0, 0.05) is 6.07 Å². The lowest BCUT2D eigenvalue weighted by Crippen LogP contribution is -2.23. The number of aromatic nitrogens is 2. The fourth-order valence-electron chi connectivity index (χ4n) is 2.74. The Hall–Kier alpha value is -2.06. The molecule has 1 aliphatic heterocycles. The summed E-state index contributed by atoms with van der Waals surface area (Å²) in [5.74, 6) is 0.687. The van der Waals surface area contributed by atoms with Gasteiger partial charge in [0.15, 0.2) is 16.4 Å². The number of aryl methyl sites for hydroxylation is 1. The van der Waals surface area contributed by atoms with Gasteiger partial charge in [0.2, 0.25) is 0 Å². The average molecular weight is 384 g/mol.